The van der Waals surface area contributed by atoms with E-state index in [0.717, 1.165) is 9.87 Å². The number of hydrogen-bond donors (Lipinski definition) is 0. The molecule has 112 valence electrons. The van der Waals surface area contributed by atoms with Gasteiger partial charge in [-0.25, -0.2) is 12.7 Å². The molecule has 0 radical (unpaired) electrons. The van der Waals surface area contributed by atoms with E-state index in [-0.39, 0.29) is 4.90 Å². The van der Waals surface area contributed by atoms with Crippen molar-refractivity contribution < 1.29 is 13.2 Å². The van der Waals surface area contributed by atoms with Crippen LogP contribution in [0.5, 0.6) is 0 Å². The second-order valence-corrected chi connectivity index (χ2v) is 6.87. The van der Waals surface area contributed by atoms with Crippen LogP contribution in [0.2, 0.25) is 0 Å². The molecule has 0 saturated carbocycles. The summed E-state index contributed by atoms with van der Waals surface area (Å²) in [6.45, 7) is 7.25. The fourth-order valence-corrected chi connectivity index (χ4v) is 3.96. The van der Waals surface area contributed by atoms with E-state index in [1.54, 1.807) is 25.1 Å². The minimum absolute atomic E-state index is 0.130. The quantitative estimate of drug-likeness (QED) is 0.807. The van der Waals surface area contributed by atoms with Gasteiger partial charge in [-0.3, -0.25) is 4.79 Å². The van der Waals surface area contributed by atoms with Crippen LogP contribution in [0.25, 0.3) is 0 Å². The van der Waals surface area contributed by atoms with Crippen LogP contribution in [-0.4, -0.2) is 18.6 Å². The van der Waals surface area contributed by atoms with Crippen LogP contribution in [0.15, 0.2) is 53.6 Å². The van der Waals surface area contributed by atoms with E-state index in [2.05, 4.69) is 6.58 Å². The molecule has 1 aromatic carbocycles. The summed E-state index contributed by atoms with van der Waals surface area (Å²) >= 11 is 0. The van der Waals surface area contributed by atoms with Gasteiger partial charge in [-0.05, 0) is 38.8 Å². The van der Waals surface area contributed by atoms with Gasteiger partial charge >= 0.3 is 0 Å². The van der Waals surface area contributed by atoms with Crippen molar-refractivity contribution in [2.45, 2.75) is 31.6 Å². The van der Waals surface area contributed by atoms with Gasteiger partial charge in [0.05, 0.1) is 10.8 Å². The zero-order chi connectivity index (χ0) is 15.6. The van der Waals surface area contributed by atoms with Gasteiger partial charge < -0.3 is 0 Å². The molecule has 1 unspecified atom stereocenters. The first-order chi connectivity index (χ1) is 9.91. The Kier molecular flexibility index (Phi) is 4.32. The van der Waals surface area contributed by atoms with Gasteiger partial charge in [0, 0.05) is 5.70 Å². The highest BCUT2D eigenvalue weighted by molar-refractivity contribution is 7.89. The molecule has 21 heavy (non-hydrogen) atoms. The average molecular weight is 305 g/mol. The first-order valence-corrected chi connectivity index (χ1v) is 8.29. The number of rotatable bonds is 3. The number of carbonyl (C=O) groups is 1. The maximum atomic E-state index is 12.8. The Morgan fingerprint density at radius 2 is 1.90 bits per heavy atom. The van der Waals surface area contributed by atoms with E-state index < -0.39 is 21.8 Å². The summed E-state index contributed by atoms with van der Waals surface area (Å²) in [5, 5.41) is 0. The Balaban J connectivity index is 2.51. The topological polar surface area (TPSA) is 54.5 Å². The molecule has 1 amide bonds. The molecule has 1 heterocycles. The van der Waals surface area contributed by atoms with Gasteiger partial charge in [-0.2, -0.15) is 0 Å². The lowest BCUT2D eigenvalue weighted by Gasteiger charge is -2.32. The van der Waals surface area contributed by atoms with Gasteiger partial charge in [0.2, 0.25) is 5.91 Å². The van der Waals surface area contributed by atoms with Crippen molar-refractivity contribution in [2.24, 2.45) is 5.92 Å². The summed E-state index contributed by atoms with van der Waals surface area (Å²) < 4.78 is 26.5. The molecule has 1 aromatic rings. The third-order valence-corrected chi connectivity index (χ3v) is 5.43. The van der Waals surface area contributed by atoms with Crippen LogP contribution in [0, 0.1) is 12.8 Å². The highest BCUT2D eigenvalue weighted by Gasteiger charge is 2.38. The zero-order valence-electron chi connectivity index (χ0n) is 12.2. The van der Waals surface area contributed by atoms with Crippen molar-refractivity contribution in [3.8, 4) is 0 Å². The van der Waals surface area contributed by atoms with Gasteiger partial charge in [0.15, 0.2) is 0 Å². The van der Waals surface area contributed by atoms with Crippen molar-refractivity contribution >= 4 is 15.9 Å². The maximum Gasteiger partial charge on any atom is 0.270 e. The predicted molar refractivity (Wildman–Crippen MR) is 81.9 cm³/mol. The van der Waals surface area contributed by atoms with Gasteiger partial charge in [-0.15, -0.1) is 6.58 Å². The fraction of sp³-hybridized carbons (Fsp3) is 0.312. The number of allylic oxidation sites excluding steroid dienone is 2. The summed E-state index contributed by atoms with van der Waals surface area (Å²) in [4.78, 5) is 12.6. The number of nitrogens with zero attached hydrogens (tertiary/aromatic N) is 1. The number of sulfonamides is 1. The predicted octanol–water partition coefficient (Wildman–Crippen LogP) is 3.01. The number of benzene rings is 1. The summed E-state index contributed by atoms with van der Waals surface area (Å²) in [7, 11) is -3.86. The van der Waals surface area contributed by atoms with Gasteiger partial charge in [0.25, 0.3) is 10.0 Å². The Hall–Kier alpha value is -1.88. The van der Waals surface area contributed by atoms with Crippen LogP contribution < -0.4 is 0 Å². The Bertz CT molecular complexity index is 687. The molecular formula is C16H19NO3S. The molecule has 0 spiro atoms. The van der Waals surface area contributed by atoms with Crippen molar-refractivity contribution in [2.75, 3.05) is 0 Å². The minimum atomic E-state index is -3.86. The number of piperidine rings is 1. The molecule has 0 aliphatic carbocycles. The molecule has 0 N–H and O–H groups in total. The Labute approximate surface area is 125 Å². The highest BCUT2D eigenvalue weighted by atomic mass is 32.2. The lowest BCUT2D eigenvalue weighted by Crippen LogP contribution is -2.42. The normalized spacial score (nSPS) is 21.6. The van der Waals surface area contributed by atoms with E-state index in [1.165, 1.54) is 18.2 Å². The molecule has 4 nitrogen and oxygen atoms in total. The monoisotopic (exact) mass is 305 g/mol. The third kappa shape index (κ3) is 2.78. The second kappa shape index (κ2) is 5.85. The van der Waals surface area contributed by atoms with Crippen molar-refractivity contribution in [1.82, 2.24) is 4.31 Å². The summed E-state index contributed by atoms with van der Waals surface area (Å²) in [5.74, 6) is -0.876. The number of carbonyl (C=O) groups excluding carboxylic acids is 1. The van der Waals surface area contributed by atoms with Crippen molar-refractivity contribution in [1.29, 1.82) is 0 Å². The third-order valence-electron chi connectivity index (χ3n) is 3.67. The first kappa shape index (κ1) is 15.5. The Morgan fingerprint density at radius 1 is 1.29 bits per heavy atom. The number of hydrogen-bond acceptors (Lipinski definition) is 3. The molecule has 0 bridgehead atoms. The van der Waals surface area contributed by atoms with E-state index in [0.29, 0.717) is 18.5 Å². The molecule has 1 aliphatic heterocycles. The molecule has 5 heteroatoms. The Morgan fingerprint density at radius 3 is 2.43 bits per heavy atom. The molecular weight excluding hydrogens is 286 g/mol. The smallest absolute Gasteiger partial charge is 0.270 e. The largest absolute Gasteiger partial charge is 0.273 e. The fourth-order valence-electron chi connectivity index (χ4n) is 2.39. The highest BCUT2D eigenvalue weighted by Crippen LogP contribution is 2.32. The second-order valence-electron chi connectivity index (χ2n) is 5.08. The van der Waals surface area contributed by atoms with E-state index in [1.807, 2.05) is 6.92 Å². The SMILES string of the molecule is C=CC1CC/C(=C\C)N(S(=O)(=O)c2ccc(C)cc2)C1=O. The summed E-state index contributed by atoms with van der Waals surface area (Å²) in [6, 6.07) is 6.51. The van der Waals surface area contributed by atoms with Crippen LogP contribution in [0.3, 0.4) is 0 Å². The molecule has 1 atom stereocenters. The molecule has 0 aromatic heterocycles. The average Bonchev–Trinajstić information content (AvgIpc) is 2.47. The van der Waals surface area contributed by atoms with Crippen LogP contribution in [-0.2, 0) is 14.8 Å². The van der Waals surface area contributed by atoms with Crippen LogP contribution in [0.4, 0.5) is 0 Å². The molecule has 1 fully saturated rings. The number of aryl methyl sites for hydroxylation is 1. The van der Waals surface area contributed by atoms with E-state index >= 15 is 0 Å². The van der Waals surface area contributed by atoms with E-state index in [9.17, 15) is 13.2 Å². The van der Waals surface area contributed by atoms with Gasteiger partial charge in [-0.1, -0.05) is 29.8 Å². The standard InChI is InChI=1S/C16H19NO3S/c1-4-13-8-9-14(5-2)17(16(13)18)21(19,20)15-10-6-12(3)7-11-15/h4-7,10-11,13H,1,8-9H2,2-3H3/b14-5+. The lowest BCUT2D eigenvalue weighted by atomic mass is 9.97. The number of amides is 1. The van der Waals surface area contributed by atoms with Crippen molar-refractivity contribution in [3.05, 3.63) is 54.3 Å². The molecule has 1 saturated heterocycles. The molecule has 2 rings (SSSR count). The van der Waals surface area contributed by atoms with Gasteiger partial charge in [0.1, 0.15) is 0 Å². The summed E-state index contributed by atoms with van der Waals surface area (Å²) in [6.07, 6.45) is 4.35. The van der Waals surface area contributed by atoms with E-state index in [4.69, 9.17) is 0 Å². The van der Waals surface area contributed by atoms with Crippen LogP contribution in [0.1, 0.15) is 25.3 Å². The van der Waals surface area contributed by atoms with Crippen molar-refractivity contribution in [3.63, 3.8) is 0 Å². The minimum Gasteiger partial charge on any atom is -0.273 e. The van der Waals surface area contributed by atoms with Crippen LogP contribution >= 0.6 is 0 Å². The molecule has 1 aliphatic rings. The zero-order valence-corrected chi connectivity index (χ0v) is 13.1. The first-order valence-electron chi connectivity index (χ1n) is 6.85. The summed E-state index contributed by atoms with van der Waals surface area (Å²) in [5.41, 5.74) is 1.49. The maximum absolute atomic E-state index is 12.8. The lowest BCUT2D eigenvalue weighted by molar-refractivity contribution is -0.129.